The van der Waals surface area contributed by atoms with Gasteiger partial charge in [-0.3, -0.25) is 9.59 Å². The van der Waals surface area contributed by atoms with E-state index in [1.165, 1.54) is 0 Å². The van der Waals surface area contributed by atoms with E-state index >= 15 is 0 Å². The molecule has 0 amide bonds. The number of ether oxygens (including phenoxy) is 1. The molecule has 1 N–H and O–H groups in total. The summed E-state index contributed by atoms with van der Waals surface area (Å²) < 4.78 is 5.92. The topological polar surface area (TPSA) is 63.6 Å². The van der Waals surface area contributed by atoms with E-state index in [9.17, 15) is 14.7 Å². The predicted octanol–water partition coefficient (Wildman–Crippen LogP) is 4.58. The SMILES string of the molecule is C/C=C/[C@@]1(C)C=CC(=O)C=C1CCCC1COC(C(=O)CC)[C@@]1(C)C[C@@H](C)O. The lowest BCUT2D eigenvalue weighted by Gasteiger charge is -2.36. The first-order valence-corrected chi connectivity index (χ1v) is 10.6. The average molecular weight is 389 g/mol. The van der Waals surface area contributed by atoms with E-state index in [4.69, 9.17) is 4.74 Å². The van der Waals surface area contributed by atoms with E-state index < -0.39 is 12.2 Å². The fourth-order valence-electron chi connectivity index (χ4n) is 4.90. The summed E-state index contributed by atoms with van der Waals surface area (Å²) >= 11 is 0. The van der Waals surface area contributed by atoms with E-state index in [1.807, 2.05) is 26.0 Å². The second-order valence-electron chi connectivity index (χ2n) is 8.87. The summed E-state index contributed by atoms with van der Waals surface area (Å²) in [5.41, 5.74) is 0.582. The maximum absolute atomic E-state index is 12.4. The minimum atomic E-state index is -0.469. The summed E-state index contributed by atoms with van der Waals surface area (Å²) in [6.07, 6.45) is 12.4. The zero-order valence-corrected chi connectivity index (χ0v) is 18.0. The first-order chi connectivity index (χ1) is 13.2. The molecule has 0 spiro atoms. The maximum atomic E-state index is 12.4. The van der Waals surface area contributed by atoms with Gasteiger partial charge in [-0.2, -0.15) is 0 Å². The smallest absolute Gasteiger partial charge is 0.178 e. The van der Waals surface area contributed by atoms with Crippen LogP contribution in [0.5, 0.6) is 0 Å². The van der Waals surface area contributed by atoms with Crippen LogP contribution in [0.2, 0.25) is 0 Å². The molecule has 1 fully saturated rings. The van der Waals surface area contributed by atoms with Crippen LogP contribution in [0.3, 0.4) is 0 Å². The average Bonchev–Trinajstić information content (AvgIpc) is 2.93. The quantitative estimate of drug-likeness (QED) is 0.588. The van der Waals surface area contributed by atoms with Gasteiger partial charge in [-0.15, -0.1) is 0 Å². The highest BCUT2D eigenvalue weighted by Crippen LogP contribution is 2.47. The number of hydrogen-bond acceptors (Lipinski definition) is 4. The van der Waals surface area contributed by atoms with Crippen molar-refractivity contribution in [2.75, 3.05) is 6.61 Å². The van der Waals surface area contributed by atoms with Crippen LogP contribution in [0.15, 0.2) is 36.0 Å². The molecule has 0 aromatic heterocycles. The van der Waals surface area contributed by atoms with Gasteiger partial charge in [0.15, 0.2) is 11.6 Å². The summed E-state index contributed by atoms with van der Waals surface area (Å²) in [4.78, 5) is 24.3. The van der Waals surface area contributed by atoms with Crippen molar-refractivity contribution in [3.63, 3.8) is 0 Å². The van der Waals surface area contributed by atoms with E-state index in [1.54, 1.807) is 19.1 Å². The Hall–Kier alpha value is -1.52. The molecule has 28 heavy (non-hydrogen) atoms. The van der Waals surface area contributed by atoms with Crippen molar-refractivity contribution < 1.29 is 19.4 Å². The number of carbonyl (C=O) groups is 2. The molecule has 156 valence electrons. The summed E-state index contributed by atoms with van der Waals surface area (Å²) in [5, 5.41) is 10.0. The largest absolute Gasteiger partial charge is 0.393 e. The van der Waals surface area contributed by atoms with Crippen molar-refractivity contribution in [2.45, 2.75) is 78.9 Å². The second kappa shape index (κ2) is 9.32. The van der Waals surface area contributed by atoms with Crippen LogP contribution in [0.4, 0.5) is 0 Å². The highest BCUT2D eigenvalue weighted by Gasteiger charge is 2.50. The fourth-order valence-corrected chi connectivity index (χ4v) is 4.90. The molecular weight excluding hydrogens is 352 g/mol. The lowest BCUT2D eigenvalue weighted by atomic mass is 9.68. The third kappa shape index (κ3) is 4.90. The number of ketones is 2. The molecule has 2 aliphatic rings. The van der Waals surface area contributed by atoms with E-state index in [0.29, 0.717) is 19.4 Å². The molecule has 0 bridgehead atoms. The molecule has 1 saturated heterocycles. The van der Waals surface area contributed by atoms with Crippen molar-refractivity contribution in [1.82, 2.24) is 0 Å². The summed E-state index contributed by atoms with van der Waals surface area (Å²) in [5.74, 6) is 0.400. The van der Waals surface area contributed by atoms with Gasteiger partial charge in [0.2, 0.25) is 0 Å². The van der Waals surface area contributed by atoms with Crippen molar-refractivity contribution in [1.29, 1.82) is 0 Å². The van der Waals surface area contributed by atoms with Gasteiger partial charge in [0.05, 0.1) is 12.7 Å². The van der Waals surface area contributed by atoms with Gasteiger partial charge in [0, 0.05) is 17.3 Å². The Morgan fingerprint density at radius 3 is 2.75 bits per heavy atom. The molecule has 2 rings (SSSR count). The third-order valence-electron chi connectivity index (χ3n) is 6.49. The normalized spacial score (nSPS) is 34.1. The van der Waals surface area contributed by atoms with Gasteiger partial charge in [-0.25, -0.2) is 0 Å². The van der Waals surface area contributed by atoms with Gasteiger partial charge in [0.1, 0.15) is 6.10 Å². The molecule has 4 nitrogen and oxygen atoms in total. The third-order valence-corrected chi connectivity index (χ3v) is 6.49. The number of Topliss-reactive ketones (excluding diaryl/α,β-unsaturated/α-hetero) is 1. The van der Waals surface area contributed by atoms with Crippen molar-refractivity contribution in [2.24, 2.45) is 16.7 Å². The molecule has 5 atom stereocenters. The molecule has 4 heteroatoms. The highest BCUT2D eigenvalue weighted by atomic mass is 16.5. The monoisotopic (exact) mass is 388 g/mol. The first kappa shape index (κ1) is 22.8. The predicted molar refractivity (Wildman–Crippen MR) is 112 cm³/mol. The van der Waals surface area contributed by atoms with Crippen LogP contribution in [-0.4, -0.2) is 35.5 Å². The molecule has 0 aromatic rings. The molecule has 2 unspecified atom stereocenters. The standard InChI is InChI=1S/C24H36O4/c1-6-12-23(4)13-11-20(26)14-18(23)9-8-10-19-16-28-22(21(27)7-2)24(19,5)15-17(3)25/h6,11-14,17,19,22,25H,7-10,15-16H2,1-5H3/b12-6+/t17-,19?,22?,23+,24+/m1/s1. The molecular formula is C24H36O4. The maximum Gasteiger partial charge on any atom is 0.178 e. The Morgan fingerprint density at radius 2 is 2.14 bits per heavy atom. The summed E-state index contributed by atoms with van der Waals surface area (Å²) in [7, 11) is 0. The van der Waals surface area contributed by atoms with Crippen LogP contribution in [-0.2, 0) is 14.3 Å². The Kier molecular flexibility index (Phi) is 7.58. The van der Waals surface area contributed by atoms with Gasteiger partial charge in [-0.1, -0.05) is 37.6 Å². The van der Waals surface area contributed by atoms with Crippen molar-refractivity contribution in [3.8, 4) is 0 Å². The van der Waals surface area contributed by atoms with Crippen LogP contribution in [0, 0.1) is 16.7 Å². The highest BCUT2D eigenvalue weighted by molar-refractivity contribution is 6.01. The number of rotatable bonds is 9. The van der Waals surface area contributed by atoms with Gasteiger partial charge >= 0.3 is 0 Å². The minimum absolute atomic E-state index is 0.0497. The van der Waals surface area contributed by atoms with Crippen LogP contribution >= 0.6 is 0 Å². The number of carbonyl (C=O) groups excluding carboxylic acids is 2. The number of aliphatic hydroxyl groups is 1. The van der Waals surface area contributed by atoms with Crippen molar-refractivity contribution >= 4 is 11.6 Å². The van der Waals surface area contributed by atoms with Crippen LogP contribution in [0.25, 0.3) is 0 Å². The molecule has 0 radical (unpaired) electrons. The zero-order chi connectivity index (χ0) is 20.9. The summed E-state index contributed by atoms with van der Waals surface area (Å²) in [6.45, 7) is 10.4. The van der Waals surface area contributed by atoms with Crippen LogP contribution < -0.4 is 0 Å². The molecule has 0 saturated carbocycles. The zero-order valence-electron chi connectivity index (χ0n) is 18.0. The number of aliphatic hydroxyl groups excluding tert-OH is 1. The van der Waals surface area contributed by atoms with Gasteiger partial charge in [0.25, 0.3) is 0 Å². The number of hydrogen-bond donors (Lipinski definition) is 1. The van der Waals surface area contributed by atoms with E-state index in [2.05, 4.69) is 19.9 Å². The molecule has 0 aromatic carbocycles. The van der Waals surface area contributed by atoms with E-state index in [0.717, 1.165) is 24.8 Å². The Bertz CT molecular complexity index is 672. The lowest BCUT2D eigenvalue weighted by molar-refractivity contribution is -0.132. The molecule has 1 heterocycles. The fraction of sp³-hybridized carbons (Fsp3) is 0.667. The molecule has 1 aliphatic heterocycles. The van der Waals surface area contributed by atoms with Gasteiger partial charge in [-0.05, 0) is 64.5 Å². The lowest BCUT2D eigenvalue weighted by Crippen LogP contribution is -2.41. The first-order valence-electron chi connectivity index (χ1n) is 10.6. The van der Waals surface area contributed by atoms with Crippen molar-refractivity contribution in [3.05, 3.63) is 36.0 Å². The summed E-state index contributed by atoms with van der Waals surface area (Å²) in [6, 6.07) is 0. The Morgan fingerprint density at radius 1 is 1.43 bits per heavy atom. The van der Waals surface area contributed by atoms with Gasteiger partial charge < -0.3 is 9.84 Å². The Balaban J connectivity index is 2.08. The molecule has 1 aliphatic carbocycles. The Labute approximate surface area is 169 Å². The minimum Gasteiger partial charge on any atom is -0.393 e. The number of allylic oxidation sites excluding steroid dienone is 6. The second-order valence-corrected chi connectivity index (χ2v) is 8.87. The van der Waals surface area contributed by atoms with E-state index in [-0.39, 0.29) is 28.3 Å². The van der Waals surface area contributed by atoms with Crippen LogP contribution in [0.1, 0.15) is 66.7 Å².